The van der Waals surface area contributed by atoms with Crippen LogP contribution >= 0.6 is 11.6 Å². The summed E-state index contributed by atoms with van der Waals surface area (Å²) in [6.07, 6.45) is 3.26. The van der Waals surface area contributed by atoms with Crippen molar-refractivity contribution in [1.82, 2.24) is 15.5 Å². The molecule has 5 nitrogen and oxygen atoms in total. The Morgan fingerprint density at radius 2 is 2.28 bits per heavy atom. The summed E-state index contributed by atoms with van der Waals surface area (Å²) in [7, 11) is 0. The van der Waals surface area contributed by atoms with Crippen LogP contribution in [0.25, 0.3) is 10.9 Å². The summed E-state index contributed by atoms with van der Waals surface area (Å²) in [5.41, 5.74) is 4.96. The van der Waals surface area contributed by atoms with E-state index in [2.05, 4.69) is 21.5 Å². The monoisotopic (exact) mass is 357 g/mol. The number of fused-ring (bicyclic) bond motifs is 3. The molecule has 0 unspecified atom stereocenters. The normalized spacial score (nSPS) is 16.8. The third-order valence-corrected chi connectivity index (χ3v) is 5.36. The highest BCUT2D eigenvalue weighted by atomic mass is 35.5. The number of nitrogens with one attached hydrogen (secondary N) is 2. The smallest absolute Gasteiger partial charge is 0.225 e. The molecule has 0 saturated carbocycles. The summed E-state index contributed by atoms with van der Waals surface area (Å²) in [5, 5.41) is 8.96. The van der Waals surface area contributed by atoms with Crippen LogP contribution in [-0.4, -0.2) is 16.0 Å². The molecule has 1 amide bonds. The lowest BCUT2D eigenvalue weighted by Gasteiger charge is -2.23. The number of hydrogen-bond acceptors (Lipinski definition) is 3. The Labute approximate surface area is 150 Å². The van der Waals surface area contributed by atoms with E-state index in [4.69, 9.17) is 16.1 Å². The van der Waals surface area contributed by atoms with E-state index in [9.17, 15) is 4.79 Å². The Balaban J connectivity index is 1.60. The summed E-state index contributed by atoms with van der Waals surface area (Å²) < 4.78 is 5.14. The molecule has 0 bridgehead atoms. The number of amides is 1. The Morgan fingerprint density at radius 1 is 1.44 bits per heavy atom. The van der Waals surface area contributed by atoms with E-state index in [1.165, 1.54) is 5.56 Å². The zero-order valence-electron chi connectivity index (χ0n) is 14.3. The molecule has 2 aromatic heterocycles. The molecule has 2 N–H and O–H groups in total. The van der Waals surface area contributed by atoms with Crippen LogP contribution in [0.2, 0.25) is 5.02 Å². The van der Waals surface area contributed by atoms with Crippen molar-refractivity contribution in [2.45, 2.75) is 45.6 Å². The number of benzene rings is 1. The third-order valence-electron chi connectivity index (χ3n) is 5.05. The number of nitrogens with zero attached hydrogens (tertiary/aromatic N) is 1. The van der Waals surface area contributed by atoms with Crippen LogP contribution < -0.4 is 5.32 Å². The lowest BCUT2D eigenvalue weighted by atomic mass is 9.91. The molecule has 1 aliphatic rings. The Kier molecular flexibility index (Phi) is 4.04. The number of H-pyrrole nitrogens is 1. The molecule has 4 rings (SSSR count). The van der Waals surface area contributed by atoms with Crippen molar-refractivity contribution >= 4 is 28.4 Å². The number of rotatable bonds is 3. The van der Waals surface area contributed by atoms with E-state index < -0.39 is 0 Å². The number of aromatic amines is 1. The van der Waals surface area contributed by atoms with Crippen molar-refractivity contribution < 1.29 is 9.32 Å². The maximum atomic E-state index is 12.6. The molecular formula is C19H20ClN3O2. The second-order valence-corrected chi connectivity index (χ2v) is 7.08. The lowest BCUT2D eigenvalue weighted by Crippen LogP contribution is -2.32. The van der Waals surface area contributed by atoms with Gasteiger partial charge in [0.25, 0.3) is 0 Å². The van der Waals surface area contributed by atoms with E-state index in [-0.39, 0.29) is 18.4 Å². The predicted molar refractivity (Wildman–Crippen MR) is 96.8 cm³/mol. The van der Waals surface area contributed by atoms with Crippen molar-refractivity contribution in [2.24, 2.45) is 0 Å². The van der Waals surface area contributed by atoms with Gasteiger partial charge in [-0.15, -0.1) is 0 Å². The van der Waals surface area contributed by atoms with Crippen molar-refractivity contribution in [2.75, 3.05) is 0 Å². The van der Waals surface area contributed by atoms with Crippen molar-refractivity contribution in [3.63, 3.8) is 0 Å². The summed E-state index contributed by atoms with van der Waals surface area (Å²) in [5.74, 6) is 0.686. The summed E-state index contributed by atoms with van der Waals surface area (Å²) >= 11 is 6.32. The molecule has 130 valence electrons. The average Bonchev–Trinajstić information content (AvgIpc) is 3.12. The molecule has 1 aliphatic carbocycles. The molecule has 0 saturated heterocycles. The van der Waals surface area contributed by atoms with Gasteiger partial charge in [-0.2, -0.15) is 0 Å². The molecule has 1 atom stereocenters. The summed E-state index contributed by atoms with van der Waals surface area (Å²) in [4.78, 5) is 16.0. The van der Waals surface area contributed by atoms with E-state index in [0.29, 0.717) is 10.8 Å². The largest absolute Gasteiger partial charge is 0.361 e. The highest BCUT2D eigenvalue weighted by Gasteiger charge is 2.26. The molecule has 2 heterocycles. The number of carbonyl (C=O) groups excluding carboxylic acids is 1. The van der Waals surface area contributed by atoms with Gasteiger partial charge in [0.15, 0.2) is 0 Å². The number of aryl methyl sites for hydroxylation is 3. The summed E-state index contributed by atoms with van der Waals surface area (Å²) in [6.45, 7) is 3.69. The van der Waals surface area contributed by atoms with E-state index in [0.717, 1.165) is 47.1 Å². The Hall–Kier alpha value is -2.27. The molecule has 1 aromatic carbocycles. The highest BCUT2D eigenvalue weighted by Crippen LogP contribution is 2.37. The van der Waals surface area contributed by atoms with Crippen LogP contribution in [0, 0.1) is 13.8 Å². The van der Waals surface area contributed by atoms with Crippen molar-refractivity contribution in [3.05, 3.63) is 51.5 Å². The average molecular weight is 358 g/mol. The molecule has 0 fully saturated rings. The van der Waals surface area contributed by atoms with E-state index in [1.807, 2.05) is 26.0 Å². The molecular weight excluding hydrogens is 338 g/mol. The molecule has 0 spiro atoms. The molecule has 0 aliphatic heterocycles. The van der Waals surface area contributed by atoms with Crippen LogP contribution in [0.4, 0.5) is 0 Å². The zero-order chi connectivity index (χ0) is 17.6. The van der Waals surface area contributed by atoms with E-state index in [1.54, 1.807) is 0 Å². The van der Waals surface area contributed by atoms with Crippen molar-refractivity contribution in [1.29, 1.82) is 0 Å². The first-order chi connectivity index (χ1) is 12.0. The topological polar surface area (TPSA) is 70.9 Å². The van der Waals surface area contributed by atoms with Crippen LogP contribution in [0.3, 0.4) is 0 Å². The molecule has 3 aromatic rings. The number of halogens is 1. The fraction of sp³-hybridized carbons (Fsp3) is 0.368. The Morgan fingerprint density at radius 3 is 3.04 bits per heavy atom. The SMILES string of the molecule is Cc1noc(C)c1CC(=O)N[C@@H]1CCCc2c1[nH]c1c(Cl)cccc21. The quantitative estimate of drug-likeness (QED) is 0.739. The second-order valence-electron chi connectivity index (χ2n) is 6.67. The molecule has 0 radical (unpaired) electrons. The minimum absolute atomic E-state index is 0.0137. The summed E-state index contributed by atoms with van der Waals surface area (Å²) in [6, 6.07) is 5.93. The van der Waals surface area contributed by atoms with Gasteiger partial charge in [-0.25, -0.2) is 0 Å². The fourth-order valence-electron chi connectivity index (χ4n) is 3.76. The maximum Gasteiger partial charge on any atom is 0.225 e. The minimum atomic E-state index is -0.0167. The zero-order valence-corrected chi connectivity index (χ0v) is 15.0. The first kappa shape index (κ1) is 16.2. The first-order valence-corrected chi connectivity index (χ1v) is 8.92. The standard InChI is InChI=1S/C19H20ClN3O2/c1-10-14(11(2)25-23-10)9-17(24)21-16-8-4-6-13-12-5-3-7-15(20)18(12)22-19(13)16/h3,5,7,16,22H,4,6,8-9H2,1-2H3,(H,21,24)/t16-/m1/s1. The number of hydrogen-bond donors (Lipinski definition) is 2. The van der Waals surface area contributed by atoms with Gasteiger partial charge in [0.05, 0.1) is 28.7 Å². The van der Waals surface area contributed by atoms with Crippen LogP contribution in [0.1, 0.15) is 47.2 Å². The number of carbonyl (C=O) groups is 1. The highest BCUT2D eigenvalue weighted by molar-refractivity contribution is 6.35. The minimum Gasteiger partial charge on any atom is -0.361 e. The lowest BCUT2D eigenvalue weighted by molar-refractivity contribution is -0.121. The van der Waals surface area contributed by atoms with Gasteiger partial charge in [0.1, 0.15) is 5.76 Å². The second kappa shape index (κ2) is 6.23. The van der Waals surface area contributed by atoms with Gasteiger partial charge in [0.2, 0.25) is 5.91 Å². The van der Waals surface area contributed by atoms with Gasteiger partial charge in [-0.05, 0) is 44.7 Å². The third kappa shape index (κ3) is 2.82. The molecule has 25 heavy (non-hydrogen) atoms. The van der Waals surface area contributed by atoms with Gasteiger partial charge in [0, 0.05) is 16.6 Å². The number of para-hydroxylation sites is 1. The van der Waals surface area contributed by atoms with Crippen LogP contribution in [0.5, 0.6) is 0 Å². The predicted octanol–water partition coefficient (Wildman–Crippen LogP) is 4.16. The van der Waals surface area contributed by atoms with Crippen LogP contribution in [0.15, 0.2) is 22.7 Å². The van der Waals surface area contributed by atoms with Crippen molar-refractivity contribution in [3.8, 4) is 0 Å². The van der Waals surface area contributed by atoms with E-state index >= 15 is 0 Å². The van der Waals surface area contributed by atoms with Crippen LogP contribution in [-0.2, 0) is 17.6 Å². The van der Waals surface area contributed by atoms with Gasteiger partial charge in [-0.1, -0.05) is 28.9 Å². The van der Waals surface area contributed by atoms with Gasteiger partial charge >= 0.3 is 0 Å². The Bertz CT molecular complexity index is 938. The first-order valence-electron chi connectivity index (χ1n) is 8.54. The molecule has 6 heteroatoms. The van der Waals surface area contributed by atoms with Gasteiger partial charge < -0.3 is 14.8 Å². The van der Waals surface area contributed by atoms with Gasteiger partial charge in [-0.3, -0.25) is 4.79 Å². The fourth-order valence-corrected chi connectivity index (χ4v) is 3.98. The number of aromatic nitrogens is 2. The maximum absolute atomic E-state index is 12.6.